The van der Waals surface area contributed by atoms with Crippen molar-refractivity contribution >= 4 is 11.8 Å². The number of carbonyl (C=O) groups is 1. The van der Waals surface area contributed by atoms with Crippen LogP contribution in [0.3, 0.4) is 0 Å². The SMILES string of the molecule is COc1cc(CCCCO[C@@H]2CCN(C(C(=O)O)c3cc(F)ccc3COC(C)C)C2)nc2c1CCCN2. The number of likely N-dealkylation sites (tertiary alicyclic amines) is 1. The van der Waals surface area contributed by atoms with Crippen LogP contribution >= 0.6 is 0 Å². The third-order valence-corrected chi connectivity index (χ3v) is 7.18. The molecule has 9 heteroatoms. The van der Waals surface area contributed by atoms with Gasteiger partial charge in [-0.1, -0.05) is 6.07 Å². The Kier molecular flexibility index (Phi) is 9.93. The maximum atomic E-state index is 14.1. The highest BCUT2D eigenvalue weighted by atomic mass is 19.1. The van der Waals surface area contributed by atoms with Gasteiger partial charge >= 0.3 is 5.97 Å². The van der Waals surface area contributed by atoms with E-state index in [4.69, 9.17) is 19.2 Å². The summed E-state index contributed by atoms with van der Waals surface area (Å²) in [6.07, 6.45) is 5.41. The van der Waals surface area contributed by atoms with E-state index in [9.17, 15) is 14.3 Å². The first kappa shape index (κ1) is 28.3. The molecule has 2 N–H and O–H groups in total. The number of hydrogen-bond acceptors (Lipinski definition) is 7. The molecule has 0 spiro atoms. The van der Waals surface area contributed by atoms with E-state index in [1.54, 1.807) is 13.2 Å². The zero-order valence-electron chi connectivity index (χ0n) is 22.7. The minimum atomic E-state index is -0.996. The molecule has 1 fully saturated rings. The number of anilines is 1. The van der Waals surface area contributed by atoms with Crippen LogP contribution in [0.1, 0.15) is 68.0 Å². The van der Waals surface area contributed by atoms with Crippen LogP contribution in [0.15, 0.2) is 24.3 Å². The fraction of sp³-hybridized carbons (Fsp3) is 0.586. The fourth-order valence-electron chi connectivity index (χ4n) is 5.25. The highest BCUT2D eigenvalue weighted by Crippen LogP contribution is 2.32. The number of hydrogen-bond donors (Lipinski definition) is 2. The summed E-state index contributed by atoms with van der Waals surface area (Å²) < 4.78 is 31.5. The number of aromatic nitrogens is 1. The quantitative estimate of drug-likeness (QED) is 0.359. The maximum absolute atomic E-state index is 14.1. The largest absolute Gasteiger partial charge is 0.496 e. The van der Waals surface area contributed by atoms with E-state index in [2.05, 4.69) is 5.32 Å². The van der Waals surface area contributed by atoms with E-state index in [1.165, 1.54) is 12.1 Å². The number of rotatable bonds is 13. The Morgan fingerprint density at radius 2 is 2.13 bits per heavy atom. The van der Waals surface area contributed by atoms with Crippen LogP contribution in [-0.2, 0) is 33.7 Å². The molecule has 1 unspecified atom stereocenters. The summed E-state index contributed by atoms with van der Waals surface area (Å²) in [5.74, 6) is 0.403. The monoisotopic (exact) mass is 529 g/mol. The number of nitrogens with zero attached hydrogens (tertiary/aromatic N) is 2. The molecular formula is C29H40FN3O5. The second-order valence-corrected chi connectivity index (χ2v) is 10.4. The normalized spacial score (nSPS) is 18.3. The number of methoxy groups -OCH3 is 1. The Morgan fingerprint density at radius 1 is 1.29 bits per heavy atom. The van der Waals surface area contributed by atoms with Gasteiger partial charge in [-0.3, -0.25) is 9.69 Å². The van der Waals surface area contributed by atoms with Crippen molar-refractivity contribution in [1.82, 2.24) is 9.88 Å². The van der Waals surface area contributed by atoms with Gasteiger partial charge < -0.3 is 24.6 Å². The minimum Gasteiger partial charge on any atom is -0.496 e. The van der Waals surface area contributed by atoms with Gasteiger partial charge in [0.15, 0.2) is 0 Å². The summed E-state index contributed by atoms with van der Waals surface area (Å²) in [6, 6.07) is 5.40. The van der Waals surface area contributed by atoms with Crippen LogP contribution in [0.25, 0.3) is 0 Å². The van der Waals surface area contributed by atoms with Crippen molar-refractivity contribution in [3.8, 4) is 5.75 Å². The smallest absolute Gasteiger partial charge is 0.325 e. The summed E-state index contributed by atoms with van der Waals surface area (Å²) in [4.78, 5) is 18.9. The van der Waals surface area contributed by atoms with Gasteiger partial charge in [0.2, 0.25) is 0 Å². The third kappa shape index (κ3) is 7.21. The standard InChI is InChI=1S/C29H40FN3O5/c1-19(2)38-18-20-9-10-21(30)15-25(20)27(29(34)35)33-13-11-23(17-33)37-14-5-4-7-22-16-26(36-3)24-8-6-12-31-28(24)32-22/h9-10,15-16,19,23,27H,4-8,11-14,17-18H2,1-3H3,(H,31,32)(H,34,35)/t23-,27?/m1/s1. The van der Waals surface area contributed by atoms with Crippen LogP contribution in [-0.4, -0.2) is 66.5 Å². The van der Waals surface area contributed by atoms with Crippen LogP contribution in [0.2, 0.25) is 0 Å². The van der Waals surface area contributed by atoms with Crippen molar-refractivity contribution in [1.29, 1.82) is 0 Å². The summed E-state index contributed by atoms with van der Waals surface area (Å²) in [6.45, 7) is 6.68. The average molecular weight is 530 g/mol. The van der Waals surface area contributed by atoms with Gasteiger partial charge in [0.05, 0.1) is 25.9 Å². The molecule has 2 aromatic rings. The molecule has 3 heterocycles. The topological polar surface area (TPSA) is 93.2 Å². The van der Waals surface area contributed by atoms with Crippen molar-refractivity contribution in [2.75, 3.05) is 38.7 Å². The number of aliphatic carboxylic acids is 1. The summed E-state index contributed by atoms with van der Waals surface area (Å²) in [5.41, 5.74) is 3.31. The predicted molar refractivity (Wildman–Crippen MR) is 143 cm³/mol. The van der Waals surface area contributed by atoms with Gasteiger partial charge in [-0.15, -0.1) is 0 Å². The molecule has 2 atom stereocenters. The van der Waals surface area contributed by atoms with Crippen LogP contribution < -0.4 is 10.1 Å². The number of unbranched alkanes of at least 4 members (excludes halogenated alkanes) is 1. The summed E-state index contributed by atoms with van der Waals surface area (Å²) in [5, 5.41) is 13.4. The summed E-state index contributed by atoms with van der Waals surface area (Å²) >= 11 is 0. The molecule has 1 aromatic heterocycles. The lowest BCUT2D eigenvalue weighted by molar-refractivity contribution is -0.143. The molecule has 0 aliphatic carbocycles. The Morgan fingerprint density at radius 3 is 2.89 bits per heavy atom. The van der Waals surface area contributed by atoms with Gasteiger partial charge in [0, 0.05) is 43.6 Å². The van der Waals surface area contributed by atoms with E-state index in [0.717, 1.165) is 67.9 Å². The molecule has 8 nitrogen and oxygen atoms in total. The van der Waals surface area contributed by atoms with Crippen LogP contribution in [0, 0.1) is 5.82 Å². The third-order valence-electron chi connectivity index (χ3n) is 7.18. The molecule has 4 rings (SSSR count). The zero-order valence-corrected chi connectivity index (χ0v) is 22.7. The van der Waals surface area contributed by atoms with Crippen molar-refractivity contribution in [2.24, 2.45) is 0 Å². The van der Waals surface area contributed by atoms with Crippen molar-refractivity contribution in [3.63, 3.8) is 0 Å². The average Bonchev–Trinajstić information content (AvgIpc) is 3.35. The fourth-order valence-corrected chi connectivity index (χ4v) is 5.25. The second-order valence-electron chi connectivity index (χ2n) is 10.4. The first-order valence-corrected chi connectivity index (χ1v) is 13.6. The van der Waals surface area contributed by atoms with Crippen molar-refractivity contribution in [2.45, 2.75) is 77.2 Å². The van der Waals surface area contributed by atoms with Gasteiger partial charge in [0.25, 0.3) is 0 Å². The number of halogens is 1. The number of carboxylic acid groups (broad SMARTS) is 1. The van der Waals surface area contributed by atoms with E-state index >= 15 is 0 Å². The van der Waals surface area contributed by atoms with Crippen LogP contribution in [0.5, 0.6) is 5.75 Å². The first-order valence-electron chi connectivity index (χ1n) is 13.6. The van der Waals surface area contributed by atoms with E-state index in [-0.39, 0.29) is 18.8 Å². The van der Waals surface area contributed by atoms with Gasteiger partial charge in [-0.25, -0.2) is 9.37 Å². The Hall–Kier alpha value is -2.75. The Labute approximate surface area is 224 Å². The molecule has 208 valence electrons. The Bertz CT molecular complexity index is 1080. The molecule has 0 amide bonds. The number of pyridine rings is 1. The number of fused-ring (bicyclic) bond motifs is 1. The summed E-state index contributed by atoms with van der Waals surface area (Å²) in [7, 11) is 1.70. The van der Waals surface area contributed by atoms with Crippen molar-refractivity contribution in [3.05, 3.63) is 52.5 Å². The molecule has 1 aromatic carbocycles. The minimum absolute atomic E-state index is 0.0116. The lowest BCUT2D eigenvalue weighted by Gasteiger charge is -2.26. The highest BCUT2D eigenvalue weighted by molar-refractivity contribution is 5.76. The number of nitrogens with one attached hydrogen (secondary N) is 1. The molecule has 0 radical (unpaired) electrons. The molecule has 0 saturated carbocycles. The van der Waals surface area contributed by atoms with Gasteiger partial charge in [0.1, 0.15) is 23.4 Å². The molecule has 38 heavy (non-hydrogen) atoms. The van der Waals surface area contributed by atoms with E-state index in [0.29, 0.717) is 30.8 Å². The number of carboxylic acids is 1. The number of ether oxygens (including phenoxy) is 3. The van der Waals surface area contributed by atoms with Gasteiger partial charge in [-0.2, -0.15) is 0 Å². The van der Waals surface area contributed by atoms with E-state index in [1.807, 2.05) is 24.8 Å². The molecule has 2 aliphatic rings. The lowest BCUT2D eigenvalue weighted by atomic mass is 9.99. The second kappa shape index (κ2) is 13.4. The highest BCUT2D eigenvalue weighted by Gasteiger charge is 2.35. The molecule has 1 saturated heterocycles. The molecule has 0 bridgehead atoms. The number of benzene rings is 1. The lowest BCUT2D eigenvalue weighted by Crippen LogP contribution is -2.34. The first-order chi connectivity index (χ1) is 18.4. The van der Waals surface area contributed by atoms with E-state index < -0.39 is 17.8 Å². The Balaban J connectivity index is 1.28. The molecular weight excluding hydrogens is 489 g/mol. The zero-order chi connectivity index (χ0) is 27.1. The maximum Gasteiger partial charge on any atom is 0.325 e. The number of aryl methyl sites for hydroxylation is 1. The van der Waals surface area contributed by atoms with Crippen molar-refractivity contribution < 1.29 is 28.5 Å². The molecule has 2 aliphatic heterocycles. The predicted octanol–water partition coefficient (Wildman–Crippen LogP) is 4.75. The van der Waals surface area contributed by atoms with Gasteiger partial charge in [-0.05, 0) is 75.6 Å². The van der Waals surface area contributed by atoms with Crippen LogP contribution in [0.4, 0.5) is 10.2 Å².